The first-order chi connectivity index (χ1) is 65.9. The smallest absolute Gasteiger partial charge is 0.326 e. The Morgan fingerprint density at radius 2 is 0.679 bits per heavy atom. The van der Waals surface area contributed by atoms with Gasteiger partial charge in [-0.05, 0) is 255 Å². The minimum atomic E-state index is -3.42. The van der Waals surface area contributed by atoms with Gasteiger partial charge in [0.15, 0.2) is 0 Å². The normalized spacial score (nSPS) is 14.0. The zero-order chi connectivity index (χ0) is 96.9. The number of likely N-dealkylation sites (tertiary alicyclic amines) is 1. The minimum Gasteiger partial charge on any atom is -0.490 e. The maximum atomic E-state index is 12.5. The van der Waals surface area contributed by atoms with Gasteiger partial charge in [0.2, 0.25) is 36.0 Å². The van der Waals surface area contributed by atoms with E-state index in [9.17, 15) is 54.6 Å². The molecule has 1 heterocycles. The van der Waals surface area contributed by atoms with Crippen LogP contribution in [0.3, 0.4) is 0 Å². The summed E-state index contributed by atoms with van der Waals surface area (Å²) < 4.78 is 110. The van der Waals surface area contributed by atoms with Gasteiger partial charge in [-0.25, -0.2) is 30.0 Å². The van der Waals surface area contributed by atoms with Gasteiger partial charge in [0.05, 0.1) is 47.9 Å². The van der Waals surface area contributed by atoms with Gasteiger partial charge >= 0.3 is 17.9 Å². The number of ether oxygens (including phenoxy) is 5. The highest BCUT2D eigenvalue weighted by atomic mass is 32.2. The van der Waals surface area contributed by atoms with Gasteiger partial charge in [0.25, 0.3) is 0 Å². The monoisotopic (exact) mass is 1900 g/mol. The summed E-state index contributed by atoms with van der Waals surface area (Å²) in [4.78, 5) is 55.5. The molecule has 1 saturated heterocycles. The molecular formula is C110H117N7O17S3. The van der Waals surface area contributed by atoms with Crippen LogP contribution in [-0.4, -0.2) is 102 Å². The van der Waals surface area contributed by atoms with E-state index in [0.29, 0.717) is 148 Å². The number of aryl methyl sites for hydroxylation is 2. The van der Waals surface area contributed by atoms with Gasteiger partial charge in [-0.2, -0.15) is 0 Å². The Morgan fingerprint density at radius 3 is 1.04 bits per heavy atom. The van der Waals surface area contributed by atoms with E-state index >= 15 is 0 Å². The SMILES string of the molecule is Cc1c(NS(C)(=O)=O)cccc1N(Cc1ccccc1)Cc1ccc(Oc2ccc(CCC(=O)OCc3ccccc3)cc2)cc1.Cc1c(NS(C)(=O)=O)cccc1N(Cc1ccccc1)Cc1ccc(Oc2ccc(CCCC(=O)N3CCC[C@H]3C(=O)O)cc2)cc1.Cc1c(NS(C)(=O)=O)cccc1N(Cc1ccccc1)Cc1ccc(Oc2cccc(OC3CCC(C(=O)O)CC3)c2)cc1. The number of hydrogen-bond donors (Lipinski definition) is 5. The van der Waals surface area contributed by atoms with Crippen molar-refractivity contribution in [1.82, 2.24) is 4.90 Å². The van der Waals surface area contributed by atoms with E-state index in [-0.39, 0.29) is 30.5 Å². The highest BCUT2D eigenvalue weighted by Crippen LogP contribution is 2.38. The molecule has 0 bridgehead atoms. The lowest BCUT2D eigenvalue weighted by Gasteiger charge is -2.28. The summed E-state index contributed by atoms with van der Waals surface area (Å²) in [6.45, 7) is 10.3. The van der Waals surface area contributed by atoms with Crippen LogP contribution in [0.15, 0.2) is 322 Å². The second-order valence-electron chi connectivity index (χ2n) is 34.5. The Morgan fingerprint density at radius 1 is 0.350 bits per heavy atom. The number of carboxylic acids is 2. The Bertz CT molecular complexity index is 6530. The largest absolute Gasteiger partial charge is 0.490 e. The lowest BCUT2D eigenvalue weighted by atomic mass is 9.87. The van der Waals surface area contributed by atoms with Crippen LogP contribution in [0.2, 0.25) is 0 Å². The van der Waals surface area contributed by atoms with Crippen molar-refractivity contribution in [2.45, 2.75) is 149 Å². The zero-order valence-corrected chi connectivity index (χ0v) is 80.2. The molecule has 1 amide bonds. The number of nitrogens with zero attached hydrogens (tertiary/aromatic N) is 4. The molecule has 0 aromatic heterocycles. The van der Waals surface area contributed by atoms with Gasteiger partial charge < -0.3 is 53.5 Å². The summed E-state index contributed by atoms with van der Waals surface area (Å²) in [5.74, 6) is 2.66. The summed E-state index contributed by atoms with van der Waals surface area (Å²) in [5.41, 5.74) is 16.8. The number of hydrogen-bond acceptors (Lipinski definition) is 18. The fourth-order valence-electron chi connectivity index (χ4n) is 16.6. The minimum absolute atomic E-state index is 0.00505. The molecule has 24 nitrogen and oxygen atoms in total. The van der Waals surface area contributed by atoms with Crippen molar-refractivity contribution in [1.29, 1.82) is 0 Å². The molecule has 1 saturated carbocycles. The maximum absolute atomic E-state index is 12.5. The molecule has 1 aliphatic carbocycles. The molecule has 27 heteroatoms. The third kappa shape index (κ3) is 31.6. The standard InChI is InChI=1S/C38H38N2O5S.C37H41N3O6S.C35H38N2O6S/c1-29-36(39-46(2,42)43)14-9-15-37(29)40(26-31-10-5-3-6-11-31)27-32-18-23-35(24-19-32)45-34-21-16-30(17-22-34)20-25-38(41)44-28-33-12-7-4-8-13-33;1-27-33(38-47(2,44)45)12-7-13-34(27)39(25-29-9-4-3-5-10-29)26-30-18-22-32(23-19-30)46-31-20-16-28(17-21-31)11-6-15-36(41)40-24-8-14-35(40)37(42)43;1-25-33(36-44(2,40)41)12-7-13-34(25)37(23-26-8-4-3-5-9-26)24-27-14-18-29(19-15-27)42-31-10-6-11-32(22-31)43-30-20-16-28(17-21-30)35(38)39/h3-19,21-24,39H,20,25-28H2,1-2H3;3-5,7,9-10,12-13,16-23,35,38H,6,8,11,14-15,24-26H2,1-2H3,(H,42,43);3-15,18-19,22,28,30,36H,16-17,20-21,23-24H2,1-2H3,(H,38,39)/t;35-;/m.0./s1. The van der Waals surface area contributed by atoms with Gasteiger partial charge in [0, 0.05) is 81.8 Å². The Kier molecular flexibility index (Phi) is 35.2. The maximum Gasteiger partial charge on any atom is 0.326 e. The van der Waals surface area contributed by atoms with E-state index in [0.717, 1.165) is 128 Å². The molecule has 13 aromatic carbocycles. The van der Waals surface area contributed by atoms with Crippen LogP contribution in [0.5, 0.6) is 40.2 Å². The van der Waals surface area contributed by atoms with E-state index in [4.69, 9.17) is 23.7 Å². The van der Waals surface area contributed by atoms with E-state index in [1.807, 2.05) is 288 Å². The van der Waals surface area contributed by atoms with Crippen molar-refractivity contribution in [2.75, 3.05) is 54.2 Å². The number of esters is 1. The number of carbonyl (C=O) groups excluding carboxylic acids is 2. The number of amides is 1. The molecule has 2 aliphatic rings. The lowest BCUT2D eigenvalue weighted by molar-refractivity contribution is -0.148. The molecule has 15 rings (SSSR count). The first kappa shape index (κ1) is 100. The van der Waals surface area contributed by atoms with Crippen LogP contribution in [0.25, 0.3) is 0 Å². The third-order valence-electron chi connectivity index (χ3n) is 23.6. The molecular weight excluding hydrogens is 1790 g/mol. The first-order valence-corrected chi connectivity index (χ1v) is 51.4. The van der Waals surface area contributed by atoms with Crippen molar-refractivity contribution < 1.29 is 78.3 Å². The number of carbonyl (C=O) groups is 4. The number of anilines is 6. The molecule has 0 radical (unpaired) electrons. The Hall–Kier alpha value is -14.4. The van der Waals surface area contributed by atoms with Crippen molar-refractivity contribution >= 4 is 88.0 Å². The fourth-order valence-corrected chi connectivity index (χ4v) is 18.5. The van der Waals surface area contributed by atoms with Crippen LogP contribution < -0.4 is 47.8 Å². The lowest BCUT2D eigenvalue weighted by Crippen LogP contribution is -2.40. The number of carboxylic acid groups (broad SMARTS) is 2. The molecule has 712 valence electrons. The predicted molar refractivity (Wildman–Crippen MR) is 541 cm³/mol. The van der Waals surface area contributed by atoms with Gasteiger partial charge in [-0.3, -0.25) is 28.5 Å². The molecule has 2 fully saturated rings. The van der Waals surface area contributed by atoms with E-state index in [1.54, 1.807) is 18.2 Å². The molecule has 0 unspecified atom stereocenters. The van der Waals surface area contributed by atoms with Crippen molar-refractivity contribution in [3.05, 3.63) is 388 Å². The number of sulfonamides is 3. The van der Waals surface area contributed by atoms with Gasteiger partial charge in [-0.15, -0.1) is 0 Å². The van der Waals surface area contributed by atoms with Crippen LogP contribution in [-0.2, 0) is 113 Å². The molecule has 1 atom stereocenters. The summed E-state index contributed by atoms with van der Waals surface area (Å²) in [6, 6.07) is 103. The first-order valence-electron chi connectivity index (χ1n) is 45.7. The molecule has 13 aromatic rings. The molecule has 137 heavy (non-hydrogen) atoms. The summed E-state index contributed by atoms with van der Waals surface area (Å²) in [7, 11) is -10.2. The topological polar surface area (TPSA) is 306 Å². The Balaban J connectivity index is 0.000000174. The van der Waals surface area contributed by atoms with Crippen LogP contribution in [0, 0.1) is 26.7 Å². The second kappa shape index (κ2) is 48.2. The van der Waals surface area contributed by atoms with Gasteiger partial charge in [0.1, 0.15) is 52.9 Å². The van der Waals surface area contributed by atoms with Crippen molar-refractivity contribution in [2.24, 2.45) is 5.92 Å². The average molecular weight is 1910 g/mol. The molecule has 1 aliphatic heterocycles. The second-order valence-corrected chi connectivity index (χ2v) is 39.8. The summed E-state index contributed by atoms with van der Waals surface area (Å²) in [5, 5.41) is 18.6. The quantitative estimate of drug-likeness (QED) is 0.0223. The van der Waals surface area contributed by atoms with Crippen molar-refractivity contribution in [3.63, 3.8) is 0 Å². The van der Waals surface area contributed by atoms with E-state index < -0.39 is 48.1 Å². The fraction of sp³-hybridized carbons (Fsp3) is 0.255. The van der Waals surface area contributed by atoms with Crippen LogP contribution in [0.1, 0.15) is 125 Å². The summed E-state index contributed by atoms with van der Waals surface area (Å²) in [6.07, 6.45) is 10.1. The number of rotatable bonds is 40. The average Bonchev–Trinajstić information content (AvgIpc) is 1.37. The molecule has 5 N–H and O–H groups in total. The van der Waals surface area contributed by atoms with Crippen LogP contribution in [0.4, 0.5) is 34.1 Å². The number of aliphatic carboxylic acids is 2. The van der Waals surface area contributed by atoms with Gasteiger partial charge in [-0.1, -0.05) is 206 Å². The summed E-state index contributed by atoms with van der Waals surface area (Å²) >= 11 is 0. The predicted octanol–water partition coefficient (Wildman–Crippen LogP) is 22.2. The third-order valence-corrected chi connectivity index (χ3v) is 25.4. The van der Waals surface area contributed by atoms with Crippen LogP contribution >= 0.6 is 0 Å². The highest BCUT2D eigenvalue weighted by molar-refractivity contribution is 7.92. The van der Waals surface area contributed by atoms with Crippen molar-refractivity contribution in [3.8, 4) is 40.2 Å². The zero-order valence-electron chi connectivity index (χ0n) is 77.8. The highest BCUT2D eigenvalue weighted by Gasteiger charge is 2.34. The van der Waals surface area contributed by atoms with E-state index in [2.05, 4.69) is 65.3 Å². The molecule has 0 spiro atoms. The number of nitrogens with one attached hydrogen (secondary N) is 3. The Labute approximate surface area is 804 Å². The van der Waals surface area contributed by atoms with E-state index in [1.165, 1.54) is 4.90 Å². The number of benzene rings is 13.